The molecule has 5 rings (SSSR count). The molecule has 2 aromatic rings. The summed E-state index contributed by atoms with van der Waals surface area (Å²) in [5, 5.41) is 10.8. The fourth-order valence-electron chi connectivity index (χ4n) is 6.36. The number of aromatic nitrogens is 2. The first-order valence-corrected chi connectivity index (χ1v) is 13.2. The van der Waals surface area contributed by atoms with Gasteiger partial charge in [-0.05, 0) is 76.2 Å². The van der Waals surface area contributed by atoms with E-state index in [0.29, 0.717) is 24.7 Å². The molecule has 1 aromatic carbocycles. The van der Waals surface area contributed by atoms with Gasteiger partial charge >= 0.3 is 6.03 Å². The predicted molar refractivity (Wildman–Crippen MR) is 138 cm³/mol. The Morgan fingerprint density at radius 2 is 1.83 bits per heavy atom. The molecule has 2 saturated carbocycles. The van der Waals surface area contributed by atoms with Crippen molar-refractivity contribution in [1.29, 1.82) is 0 Å². The predicted octanol–water partition coefficient (Wildman–Crippen LogP) is 3.40. The van der Waals surface area contributed by atoms with Crippen molar-refractivity contribution >= 4 is 11.9 Å². The lowest BCUT2D eigenvalue weighted by atomic mass is 9.68. The van der Waals surface area contributed by atoms with Gasteiger partial charge in [0.2, 0.25) is 5.91 Å². The van der Waals surface area contributed by atoms with Crippen LogP contribution in [0.3, 0.4) is 0 Å². The number of amides is 3. The molecule has 192 valence electrons. The number of nitrogens with zero attached hydrogens (tertiary/aromatic N) is 5. The highest BCUT2D eigenvalue weighted by Gasteiger charge is 2.55. The zero-order valence-electron chi connectivity index (χ0n) is 21.5. The summed E-state index contributed by atoms with van der Waals surface area (Å²) >= 11 is 0. The van der Waals surface area contributed by atoms with Gasteiger partial charge in [-0.2, -0.15) is 10.2 Å². The Hall–Kier alpha value is -3.00. The van der Waals surface area contributed by atoms with Gasteiger partial charge in [0, 0.05) is 24.8 Å². The van der Waals surface area contributed by atoms with Crippen LogP contribution in [0.25, 0.3) is 0 Å². The SMILES string of the molecule is CN(C)C1(c2ccccc2)CCC2(CC1)CN(CC(=O)NCc1cccnn1)C(=O)N2CC1CCC1. The standard InChI is InChI=1S/C28H38N6O2/c1-32(2)28(23-10-4-3-5-11-23)15-13-27(14-16-28)21-33(26(36)34(27)19-22-8-6-9-22)20-25(35)29-18-24-12-7-17-30-31-24/h3-5,7,10-12,17,22H,6,8-9,13-16,18-21H2,1-2H3,(H,29,35). The molecule has 1 spiro atoms. The summed E-state index contributed by atoms with van der Waals surface area (Å²) in [4.78, 5) is 32.7. The van der Waals surface area contributed by atoms with E-state index in [1.165, 1.54) is 24.8 Å². The van der Waals surface area contributed by atoms with Crippen molar-refractivity contribution in [1.82, 2.24) is 30.2 Å². The normalized spacial score (nSPS) is 26.5. The van der Waals surface area contributed by atoms with Crippen molar-refractivity contribution < 1.29 is 9.59 Å². The summed E-state index contributed by atoms with van der Waals surface area (Å²) in [5.41, 5.74) is 1.82. The molecule has 0 atom stereocenters. The van der Waals surface area contributed by atoms with Gasteiger partial charge in [-0.15, -0.1) is 0 Å². The van der Waals surface area contributed by atoms with Crippen molar-refractivity contribution in [2.45, 2.75) is 62.6 Å². The lowest BCUT2D eigenvalue weighted by molar-refractivity contribution is -0.121. The summed E-state index contributed by atoms with van der Waals surface area (Å²) in [7, 11) is 4.34. The third-order valence-electron chi connectivity index (χ3n) is 8.83. The molecule has 8 nitrogen and oxygen atoms in total. The van der Waals surface area contributed by atoms with Crippen LogP contribution in [0.15, 0.2) is 48.7 Å². The van der Waals surface area contributed by atoms with Crippen LogP contribution in [0, 0.1) is 5.92 Å². The van der Waals surface area contributed by atoms with E-state index in [4.69, 9.17) is 0 Å². The van der Waals surface area contributed by atoms with E-state index in [1.807, 2.05) is 6.07 Å². The van der Waals surface area contributed by atoms with Gasteiger partial charge in [0.25, 0.3) is 0 Å². The van der Waals surface area contributed by atoms with E-state index >= 15 is 0 Å². The Balaban J connectivity index is 1.30. The molecule has 0 radical (unpaired) electrons. The van der Waals surface area contributed by atoms with Crippen molar-refractivity contribution in [2.75, 3.05) is 33.7 Å². The van der Waals surface area contributed by atoms with Gasteiger partial charge < -0.3 is 15.1 Å². The molecule has 1 saturated heterocycles. The van der Waals surface area contributed by atoms with Crippen LogP contribution >= 0.6 is 0 Å². The third kappa shape index (κ3) is 4.71. The molecule has 2 aliphatic carbocycles. The van der Waals surface area contributed by atoms with E-state index in [9.17, 15) is 9.59 Å². The quantitative estimate of drug-likeness (QED) is 0.613. The Labute approximate surface area is 214 Å². The lowest BCUT2D eigenvalue weighted by Crippen LogP contribution is -2.56. The number of carbonyl (C=O) groups excluding carboxylic acids is 2. The zero-order chi connectivity index (χ0) is 25.2. The van der Waals surface area contributed by atoms with Gasteiger partial charge in [0.05, 0.1) is 17.8 Å². The number of hydrogen-bond donors (Lipinski definition) is 1. The number of benzene rings is 1. The van der Waals surface area contributed by atoms with Crippen LogP contribution in [0.5, 0.6) is 0 Å². The van der Waals surface area contributed by atoms with E-state index in [1.54, 1.807) is 17.2 Å². The summed E-state index contributed by atoms with van der Waals surface area (Å²) < 4.78 is 0. The number of rotatable bonds is 8. The van der Waals surface area contributed by atoms with Crippen molar-refractivity contribution in [3.8, 4) is 0 Å². The average Bonchev–Trinajstić information content (AvgIpc) is 3.11. The van der Waals surface area contributed by atoms with E-state index in [-0.39, 0.29) is 29.6 Å². The molecular formula is C28H38N6O2. The van der Waals surface area contributed by atoms with Gasteiger partial charge in [0.15, 0.2) is 0 Å². The van der Waals surface area contributed by atoms with Crippen LogP contribution in [-0.4, -0.2) is 76.1 Å². The van der Waals surface area contributed by atoms with Gasteiger partial charge in [-0.1, -0.05) is 36.8 Å². The second-order valence-corrected chi connectivity index (χ2v) is 11.1. The van der Waals surface area contributed by atoms with Crippen molar-refractivity contribution in [3.05, 3.63) is 59.9 Å². The number of hydrogen-bond acceptors (Lipinski definition) is 5. The molecule has 3 aliphatic rings. The van der Waals surface area contributed by atoms with Crippen molar-refractivity contribution in [2.24, 2.45) is 5.92 Å². The number of nitrogens with one attached hydrogen (secondary N) is 1. The molecule has 36 heavy (non-hydrogen) atoms. The minimum atomic E-state index is -0.202. The Morgan fingerprint density at radius 3 is 2.44 bits per heavy atom. The van der Waals surface area contributed by atoms with Gasteiger partial charge in [0.1, 0.15) is 6.54 Å². The second-order valence-electron chi connectivity index (χ2n) is 11.1. The van der Waals surface area contributed by atoms with Crippen molar-refractivity contribution in [3.63, 3.8) is 0 Å². The number of urea groups is 1. The summed E-state index contributed by atoms with van der Waals surface area (Å²) in [6, 6.07) is 14.4. The molecule has 1 aromatic heterocycles. The first-order chi connectivity index (χ1) is 17.4. The van der Waals surface area contributed by atoms with E-state index in [2.05, 4.69) is 69.7 Å². The van der Waals surface area contributed by atoms with E-state index < -0.39 is 0 Å². The summed E-state index contributed by atoms with van der Waals surface area (Å²) in [5.74, 6) is 0.434. The van der Waals surface area contributed by atoms with Crippen LogP contribution in [-0.2, 0) is 16.9 Å². The second kappa shape index (κ2) is 10.2. The first-order valence-electron chi connectivity index (χ1n) is 13.2. The third-order valence-corrected chi connectivity index (χ3v) is 8.83. The lowest BCUT2D eigenvalue weighted by Gasteiger charge is -2.51. The van der Waals surface area contributed by atoms with Crippen LogP contribution in [0.2, 0.25) is 0 Å². The zero-order valence-corrected chi connectivity index (χ0v) is 21.5. The highest BCUT2D eigenvalue weighted by Crippen LogP contribution is 2.49. The monoisotopic (exact) mass is 490 g/mol. The van der Waals surface area contributed by atoms with Gasteiger partial charge in [-0.3, -0.25) is 9.69 Å². The van der Waals surface area contributed by atoms with E-state index in [0.717, 1.165) is 32.2 Å². The minimum Gasteiger partial charge on any atom is -0.349 e. The molecular weight excluding hydrogens is 452 g/mol. The maximum absolute atomic E-state index is 13.7. The fourth-order valence-corrected chi connectivity index (χ4v) is 6.36. The van der Waals surface area contributed by atoms with Gasteiger partial charge in [-0.25, -0.2) is 4.79 Å². The summed E-state index contributed by atoms with van der Waals surface area (Å²) in [6.45, 7) is 1.83. The molecule has 0 bridgehead atoms. The first kappa shape index (κ1) is 24.7. The molecule has 8 heteroatoms. The topological polar surface area (TPSA) is 81.7 Å². The Kier molecular flexibility index (Phi) is 6.97. The molecule has 0 unspecified atom stereocenters. The highest BCUT2D eigenvalue weighted by molar-refractivity contribution is 5.86. The van der Waals surface area contributed by atoms with Crippen LogP contribution in [0.1, 0.15) is 56.2 Å². The fraction of sp³-hybridized carbons (Fsp3) is 0.571. The molecule has 1 N–H and O–H groups in total. The summed E-state index contributed by atoms with van der Waals surface area (Å²) in [6.07, 6.45) is 9.13. The maximum Gasteiger partial charge on any atom is 0.321 e. The Morgan fingerprint density at radius 1 is 1.08 bits per heavy atom. The average molecular weight is 491 g/mol. The van der Waals surface area contributed by atoms with Crippen LogP contribution < -0.4 is 5.32 Å². The molecule has 1 aliphatic heterocycles. The maximum atomic E-state index is 13.7. The Bertz CT molecular complexity index is 1050. The number of carbonyl (C=O) groups is 2. The molecule has 3 fully saturated rings. The molecule has 2 heterocycles. The highest BCUT2D eigenvalue weighted by atomic mass is 16.2. The van der Waals surface area contributed by atoms with Crippen LogP contribution in [0.4, 0.5) is 4.79 Å². The largest absolute Gasteiger partial charge is 0.349 e. The smallest absolute Gasteiger partial charge is 0.321 e. The molecule has 3 amide bonds. The minimum absolute atomic E-state index is 0.0219.